The van der Waals surface area contributed by atoms with Crippen LogP contribution in [0.4, 0.5) is 5.69 Å². The lowest BCUT2D eigenvalue weighted by atomic mass is 10.1. The van der Waals surface area contributed by atoms with E-state index in [1.165, 1.54) is 12.1 Å². The van der Waals surface area contributed by atoms with E-state index in [1.54, 1.807) is 17.0 Å². The maximum atomic E-state index is 10.8. The molecule has 108 valence electrons. The number of rotatable bonds is 4. The molecule has 1 heterocycles. The van der Waals surface area contributed by atoms with Crippen LogP contribution in [-0.2, 0) is 6.54 Å². The van der Waals surface area contributed by atoms with E-state index in [1.807, 2.05) is 32.0 Å². The highest BCUT2D eigenvalue weighted by Gasteiger charge is 2.16. The highest BCUT2D eigenvalue weighted by atomic mass is 16.6. The highest BCUT2D eigenvalue weighted by Crippen LogP contribution is 2.23. The van der Waals surface area contributed by atoms with Gasteiger partial charge in [0.05, 0.1) is 33.9 Å². The SMILES string of the molecule is Cc1ncn(-c2ccc([N+](=O)[O-])cc2C#N)c1CN(C)C. The van der Waals surface area contributed by atoms with Crippen LogP contribution in [0.5, 0.6) is 0 Å². The number of non-ortho nitro benzene ring substituents is 1. The van der Waals surface area contributed by atoms with Gasteiger partial charge in [-0.1, -0.05) is 0 Å². The molecule has 0 spiro atoms. The van der Waals surface area contributed by atoms with Crippen LogP contribution in [0.15, 0.2) is 24.5 Å². The third kappa shape index (κ3) is 2.90. The number of imidazole rings is 1. The van der Waals surface area contributed by atoms with Crippen molar-refractivity contribution in [2.75, 3.05) is 14.1 Å². The second kappa shape index (κ2) is 5.73. The van der Waals surface area contributed by atoms with E-state index in [2.05, 4.69) is 4.98 Å². The van der Waals surface area contributed by atoms with Crippen molar-refractivity contribution in [3.05, 3.63) is 51.6 Å². The summed E-state index contributed by atoms with van der Waals surface area (Å²) in [7, 11) is 3.88. The highest BCUT2D eigenvalue weighted by molar-refractivity contribution is 5.55. The topological polar surface area (TPSA) is 88.0 Å². The first kappa shape index (κ1) is 14.7. The molecule has 0 bridgehead atoms. The van der Waals surface area contributed by atoms with Crippen molar-refractivity contribution >= 4 is 5.69 Å². The molecule has 0 amide bonds. The fourth-order valence-electron chi connectivity index (χ4n) is 2.10. The number of nitro groups is 1. The van der Waals surface area contributed by atoms with Gasteiger partial charge in [0.2, 0.25) is 0 Å². The summed E-state index contributed by atoms with van der Waals surface area (Å²) in [5.74, 6) is 0. The van der Waals surface area contributed by atoms with Crippen molar-refractivity contribution in [2.24, 2.45) is 0 Å². The van der Waals surface area contributed by atoms with E-state index in [9.17, 15) is 15.4 Å². The largest absolute Gasteiger partial charge is 0.304 e. The molecule has 0 atom stereocenters. The maximum absolute atomic E-state index is 10.8. The molecule has 0 unspecified atom stereocenters. The smallest absolute Gasteiger partial charge is 0.270 e. The number of aryl methyl sites for hydroxylation is 1. The average Bonchev–Trinajstić information content (AvgIpc) is 2.78. The lowest BCUT2D eigenvalue weighted by molar-refractivity contribution is -0.384. The Balaban J connectivity index is 2.57. The van der Waals surface area contributed by atoms with E-state index in [4.69, 9.17) is 0 Å². The summed E-state index contributed by atoms with van der Waals surface area (Å²) in [6, 6.07) is 6.27. The number of nitrogens with zero attached hydrogens (tertiary/aromatic N) is 5. The molecule has 2 rings (SSSR count). The molecule has 1 aromatic heterocycles. The average molecular weight is 285 g/mol. The number of nitro benzene ring substituents is 1. The molecule has 0 fully saturated rings. The Kier molecular flexibility index (Phi) is 4.00. The van der Waals surface area contributed by atoms with Gasteiger partial charge in [-0.2, -0.15) is 5.26 Å². The Hall–Kier alpha value is -2.72. The Bertz CT molecular complexity index is 727. The number of hydrogen-bond donors (Lipinski definition) is 0. The maximum Gasteiger partial charge on any atom is 0.270 e. The first-order valence-electron chi connectivity index (χ1n) is 6.30. The van der Waals surface area contributed by atoms with E-state index in [-0.39, 0.29) is 11.3 Å². The van der Waals surface area contributed by atoms with Crippen molar-refractivity contribution < 1.29 is 4.92 Å². The summed E-state index contributed by atoms with van der Waals surface area (Å²) in [5, 5.41) is 20.1. The van der Waals surface area contributed by atoms with Crippen LogP contribution in [0.1, 0.15) is 17.0 Å². The number of hydrogen-bond acceptors (Lipinski definition) is 5. The minimum absolute atomic E-state index is 0.0960. The van der Waals surface area contributed by atoms with Crippen LogP contribution < -0.4 is 0 Å². The van der Waals surface area contributed by atoms with E-state index < -0.39 is 4.92 Å². The van der Waals surface area contributed by atoms with Gasteiger partial charge >= 0.3 is 0 Å². The van der Waals surface area contributed by atoms with Gasteiger partial charge in [-0.05, 0) is 27.1 Å². The second-order valence-electron chi connectivity index (χ2n) is 4.95. The summed E-state index contributed by atoms with van der Waals surface area (Å²) in [5.41, 5.74) is 2.57. The first-order valence-corrected chi connectivity index (χ1v) is 6.30. The zero-order valence-corrected chi connectivity index (χ0v) is 12.1. The Morgan fingerprint density at radius 2 is 2.19 bits per heavy atom. The minimum Gasteiger partial charge on any atom is -0.304 e. The third-order valence-electron chi connectivity index (χ3n) is 3.11. The Morgan fingerprint density at radius 3 is 2.76 bits per heavy atom. The normalized spacial score (nSPS) is 10.6. The van der Waals surface area contributed by atoms with Crippen molar-refractivity contribution in [3.63, 3.8) is 0 Å². The van der Waals surface area contributed by atoms with Gasteiger partial charge in [-0.25, -0.2) is 4.98 Å². The molecule has 1 aromatic carbocycles. The van der Waals surface area contributed by atoms with Crippen LogP contribution in [0.2, 0.25) is 0 Å². The molecular weight excluding hydrogens is 270 g/mol. The van der Waals surface area contributed by atoms with Gasteiger partial charge in [0, 0.05) is 18.7 Å². The van der Waals surface area contributed by atoms with Gasteiger partial charge in [0.1, 0.15) is 6.07 Å². The van der Waals surface area contributed by atoms with Gasteiger partial charge < -0.3 is 9.47 Å². The molecule has 0 aliphatic carbocycles. The van der Waals surface area contributed by atoms with Crippen molar-refractivity contribution in [2.45, 2.75) is 13.5 Å². The molecule has 7 nitrogen and oxygen atoms in total. The monoisotopic (exact) mass is 285 g/mol. The molecule has 0 aliphatic rings. The molecule has 7 heteroatoms. The number of benzene rings is 1. The quantitative estimate of drug-likeness (QED) is 0.633. The fraction of sp³-hybridized carbons (Fsp3) is 0.286. The first-order chi connectivity index (χ1) is 9.93. The van der Waals surface area contributed by atoms with Crippen LogP contribution in [0, 0.1) is 28.4 Å². The predicted octanol–water partition coefficient (Wildman–Crippen LogP) is 2.02. The van der Waals surface area contributed by atoms with Crippen LogP contribution in [0.25, 0.3) is 5.69 Å². The molecule has 0 saturated heterocycles. The standard InChI is InChI=1S/C14H15N5O2/c1-10-14(8-17(2)3)18(9-16-10)13-5-4-12(19(20)21)6-11(13)7-15/h4-6,9H,8H2,1-3H3. The van der Waals surface area contributed by atoms with Crippen molar-refractivity contribution in [3.8, 4) is 11.8 Å². The van der Waals surface area contributed by atoms with Crippen molar-refractivity contribution in [1.82, 2.24) is 14.5 Å². The van der Waals surface area contributed by atoms with Crippen LogP contribution >= 0.6 is 0 Å². The predicted molar refractivity (Wildman–Crippen MR) is 77.1 cm³/mol. The number of nitriles is 1. The summed E-state index contributed by atoms with van der Waals surface area (Å²) in [6.07, 6.45) is 1.64. The molecule has 0 aliphatic heterocycles. The molecule has 0 N–H and O–H groups in total. The van der Waals surface area contributed by atoms with E-state index in [0.717, 1.165) is 11.4 Å². The van der Waals surface area contributed by atoms with Crippen LogP contribution in [-0.4, -0.2) is 33.5 Å². The van der Waals surface area contributed by atoms with Gasteiger partial charge in [-0.15, -0.1) is 0 Å². The zero-order chi connectivity index (χ0) is 15.6. The van der Waals surface area contributed by atoms with Crippen LogP contribution in [0.3, 0.4) is 0 Å². The number of aromatic nitrogens is 2. The lowest BCUT2D eigenvalue weighted by Crippen LogP contribution is -2.15. The molecule has 21 heavy (non-hydrogen) atoms. The minimum atomic E-state index is -0.509. The van der Waals surface area contributed by atoms with Gasteiger partial charge in [0.25, 0.3) is 5.69 Å². The molecule has 2 aromatic rings. The lowest BCUT2D eigenvalue weighted by Gasteiger charge is -2.14. The Labute approximate surface area is 122 Å². The second-order valence-corrected chi connectivity index (χ2v) is 4.95. The summed E-state index contributed by atoms with van der Waals surface area (Å²) in [4.78, 5) is 16.6. The zero-order valence-electron chi connectivity index (χ0n) is 12.1. The molecular formula is C14H15N5O2. The Morgan fingerprint density at radius 1 is 1.48 bits per heavy atom. The van der Waals surface area contributed by atoms with E-state index in [0.29, 0.717) is 12.2 Å². The van der Waals surface area contributed by atoms with Gasteiger partial charge in [0.15, 0.2) is 0 Å². The fourth-order valence-corrected chi connectivity index (χ4v) is 2.10. The van der Waals surface area contributed by atoms with E-state index >= 15 is 0 Å². The summed E-state index contributed by atoms with van der Waals surface area (Å²) >= 11 is 0. The summed E-state index contributed by atoms with van der Waals surface area (Å²) in [6.45, 7) is 2.56. The molecule has 0 radical (unpaired) electrons. The summed E-state index contributed by atoms with van der Waals surface area (Å²) < 4.78 is 1.80. The van der Waals surface area contributed by atoms with Gasteiger partial charge in [-0.3, -0.25) is 10.1 Å². The third-order valence-corrected chi connectivity index (χ3v) is 3.11. The molecule has 0 saturated carbocycles. The van der Waals surface area contributed by atoms with Crippen molar-refractivity contribution in [1.29, 1.82) is 5.26 Å².